The highest BCUT2D eigenvalue weighted by atomic mass is 16.3. The summed E-state index contributed by atoms with van der Waals surface area (Å²) in [4.78, 5) is 13.6. The second kappa shape index (κ2) is 6.02. The molecule has 118 valence electrons. The highest BCUT2D eigenvalue weighted by molar-refractivity contribution is 5.90. The standard InChI is InChI=1S/C15H22N6O/c1-8-4-9(2)18-14-12(8)13(16-3)20-15(21-14)19-10-5-11(22)7-17-6-10/h4,10-11,17,22H,5-7H2,1-3H3,(H2,16,18,19,20,21)/t10-,11-/m1/s1. The Hall–Kier alpha value is -1.99. The van der Waals surface area contributed by atoms with E-state index in [0.29, 0.717) is 24.6 Å². The summed E-state index contributed by atoms with van der Waals surface area (Å²) in [5, 5.41) is 20.3. The van der Waals surface area contributed by atoms with Gasteiger partial charge in [0.05, 0.1) is 11.5 Å². The van der Waals surface area contributed by atoms with Gasteiger partial charge in [-0.15, -0.1) is 0 Å². The average Bonchev–Trinajstić information content (AvgIpc) is 2.45. The smallest absolute Gasteiger partial charge is 0.226 e. The maximum absolute atomic E-state index is 9.73. The molecule has 0 aromatic carbocycles. The minimum atomic E-state index is -0.335. The number of hydrogen-bond acceptors (Lipinski definition) is 7. The van der Waals surface area contributed by atoms with E-state index in [1.165, 1.54) is 0 Å². The third-order valence-corrected chi connectivity index (χ3v) is 3.89. The molecular formula is C15H22N6O. The molecule has 0 unspecified atom stereocenters. The third-order valence-electron chi connectivity index (χ3n) is 3.89. The molecule has 1 aliphatic rings. The molecule has 1 aliphatic heterocycles. The summed E-state index contributed by atoms with van der Waals surface area (Å²) < 4.78 is 0. The molecule has 2 atom stereocenters. The number of aliphatic hydroxyl groups is 1. The quantitative estimate of drug-likeness (QED) is 0.666. The summed E-state index contributed by atoms with van der Waals surface area (Å²) in [5.41, 5.74) is 2.73. The van der Waals surface area contributed by atoms with Gasteiger partial charge in [0.1, 0.15) is 5.82 Å². The number of piperidine rings is 1. The molecule has 22 heavy (non-hydrogen) atoms. The van der Waals surface area contributed by atoms with Crippen molar-refractivity contribution in [3.8, 4) is 0 Å². The van der Waals surface area contributed by atoms with Crippen LogP contribution in [0.4, 0.5) is 11.8 Å². The molecule has 0 bridgehead atoms. The molecule has 0 radical (unpaired) electrons. The summed E-state index contributed by atoms with van der Waals surface area (Å²) in [6.07, 6.45) is 0.349. The van der Waals surface area contributed by atoms with Crippen LogP contribution in [0.5, 0.6) is 0 Å². The molecule has 7 heteroatoms. The Kier molecular flexibility index (Phi) is 4.08. The van der Waals surface area contributed by atoms with Crippen LogP contribution in [-0.4, -0.2) is 52.3 Å². The van der Waals surface area contributed by atoms with E-state index in [1.54, 1.807) is 0 Å². The lowest BCUT2D eigenvalue weighted by Gasteiger charge is -2.27. The van der Waals surface area contributed by atoms with Crippen LogP contribution >= 0.6 is 0 Å². The number of anilines is 2. The van der Waals surface area contributed by atoms with Gasteiger partial charge in [-0.3, -0.25) is 0 Å². The van der Waals surface area contributed by atoms with Crippen molar-refractivity contribution in [2.45, 2.75) is 32.4 Å². The average molecular weight is 302 g/mol. The summed E-state index contributed by atoms with van der Waals surface area (Å²) >= 11 is 0. The minimum absolute atomic E-state index is 0.108. The normalized spacial score (nSPS) is 21.8. The fraction of sp³-hybridized carbons (Fsp3) is 0.533. The van der Waals surface area contributed by atoms with Gasteiger partial charge in [-0.2, -0.15) is 9.97 Å². The largest absolute Gasteiger partial charge is 0.392 e. The topological polar surface area (TPSA) is 95.0 Å². The van der Waals surface area contributed by atoms with Crippen molar-refractivity contribution in [1.82, 2.24) is 20.3 Å². The van der Waals surface area contributed by atoms with Crippen molar-refractivity contribution in [3.05, 3.63) is 17.3 Å². The van der Waals surface area contributed by atoms with Crippen LogP contribution in [-0.2, 0) is 0 Å². The summed E-state index contributed by atoms with van der Waals surface area (Å²) in [7, 11) is 1.84. The van der Waals surface area contributed by atoms with E-state index in [2.05, 4.69) is 30.9 Å². The zero-order valence-electron chi connectivity index (χ0n) is 13.1. The van der Waals surface area contributed by atoms with Gasteiger partial charge in [0, 0.05) is 31.9 Å². The monoisotopic (exact) mass is 302 g/mol. The molecule has 3 heterocycles. The predicted octanol–water partition coefficient (Wildman–Crippen LogP) is 0.818. The summed E-state index contributed by atoms with van der Waals surface area (Å²) in [6.45, 7) is 5.42. The van der Waals surface area contributed by atoms with Crippen LogP contribution in [0.3, 0.4) is 0 Å². The number of fused-ring (bicyclic) bond motifs is 1. The Bertz CT molecular complexity index is 689. The lowest BCUT2D eigenvalue weighted by Crippen LogP contribution is -2.46. The van der Waals surface area contributed by atoms with Crippen molar-refractivity contribution in [1.29, 1.82) is 0 Å². The Morgan fingerprint density at radius 3 is 2.77 bits per heavy atom. The molecule has 0 saturated carbocycles. The van der Waals surface area contributed by atoms with Crippen molar-refractivity contribution < 1.29 is 5.11 Å². The fourth-order valence-corrected chi connectivity index (χ4v) is 2.94. The van der Waals surface area contributed by atoms with Crippen LogP contribution in [0.1, 0.15) is 17.7 Å². The van der Waals surface area contributed by atoms with Gasteiger partial charge in [0.25, 0.3) is 0 Å². The van der Waals surface area contributed by atoms with E-state index in [9.17, 15) is 5.11 Å². The van der Waals surface area contributed by atoms with Crippen molar-refractivity contribution in [2.24, 2.45) is 0 Å². The van der Waals surface area contributed by atoms with E-state index in [4.69, 9.17) is 0 Å². The third kappa shape index (κ3) is 2.95. The molecule has 7 nitrogen and oxygen atoms in total. The maximum Gasteiger partial charge on any atom is 0.226 e. The zero-order valence-corrected chi connectivity index (χ0v) is 13.1. The van der Waals surface area contributed by atoms with Crippen LogP contribution in [0.2, 0.25) is 0 Å². The molecule has 2 aromatic rings. The molecule has 2 aromatic heterocycles. The molecule has 0 amide bonds. The number of β-amino-alcohol motifs (C(OH)–C–C–N with tert-alkyl or cyclic N) is 1. The van der Waals surface area contributed by atoms with E-state index in [1.807, 2.05) is 27.0 Å². The van der Waals surface area contributed by atoms with E-state index in [-0.39, 0.29) is 12.1 Å². The number of aryl methyl sites for hydroxylation is 2. The predicted molar refractivity (Wildman–Crippen MR) is 87.3 cm³/mol. The molecule has 0 aliphatic carbocycles. The van der Waals surface area contributed by atoms with E-state index >= 15 is 0 Å². The number of hydrogen-bond donors (Lipinski definition) is 4. The van der Waals surface area contributed by atoms with Crippen LogP contribution < -0.4 is 16.0 Å². The van der Waals surface area contributed by atoms with Crippen LogP contribution in [0.15, 0.2) is 6.07 Å². The summed E-state index contributed by atoms with van der Waals surface area (Å²) in [6, 6.07) is 2.14. The molecule has 1 fully saturated rings. The maximum atomic E-state index is 9.73. The number of nitrogens with zero attached hydrogens (tertiary/aromatic N) is 3. The molecule has 1 saturated heterocycles. The number of rotatable bonds is 3. The first-order valence-corrected chi connectivity index (χ1v) is 7.56. The molecule has 0 spiro atoms. The molecule has 3 rings (SSSR count). The summed E-state index contributed by atoms with van der Waals surface area (Å²) in [5.74, 6) is 1.30. The Labute approximate surface area is 129 Å². The highest BCUT2D eigenvalue weighted by Gasteiger charge is 2.21. The van der Waals surface area contributed by atoms with Gasteiger partial charge in [-0.1, -0.05) is 0 Å². The van der Waals surface area contributed by atoms with Crippen molar-refractivity contribution >= 4 is 22.8 Å². The SMILES string of the molecule is CNc1nc(N[C@H]2CNC[C@H](O)C2)nc2nc(C)cc(C)c12. The zero-order chi connectivity index (χ0) is 15.7. The van der Waals surface area contributed by atoms with Crippen molar-refractivity contribution in [3.63, 3.8) is 0 Å². The highest BCUT2D eigenvalue weighted by Crippen LogP contribution is 2.25. The number of aromatic nitrogens is 3. The number of pyridine rings is 1. The first-order chi connectivity index (χ1) is 10.6. The number of aliphatic hydroxyl groups excluding tert-OH is 1. The van der Waals surface area contributed by atoms with Gasteiger partial charge in [0.2, 0.25) is 5.95 Å². The first-order valence-electron chi connectivity index (χ1n) is 7.56. The van der Waals surface area contributed by atoms with E-state index in [0.717, 1.165) is 29.0 Å². The Morgan fingerprint density at radius 2 is 2.05 bits per heavy atom. The first kappa shape index (κ1) is 14.9. The van der Waals surface area contributed by atoms with Gasteiger partial charge < -0.3 is 21.1 Å². The fourth-order valence-electron chi connectivity index (χ4n) is 2.94. The molecule has 4 N–H and O–H groups in total. The lowest BCUT2D eigenvalue weighted by molar-refractivity contribution is 0.136. The van der Waals surface area contributed by atoms with E-state index < -0.39 is 0 Å². The van der Waals surface area contributed by atoms with Gasteiger partial charge >= 0.3 is 0 Å². The van der Waals surface area contributed by atoms with Gasteiger partial charge in [0.15, 0.2) is 5.65 Å². The second-order valence-electron chi connectivity index (χ2n) is 5.81. The number of nitrogens with one attached hydrogen (secondary N) is 3. The molecular weight excluding hydrogens is 280 g/mol. The van der Waals surface area contributed by atoms with Crippen molar-refractivity contribution in [2.75, 3.05) is 30.8 Å². The Morgan fingerprint density at radius 1 is 1.23 bits per heavy atom. The lowest BCUT2D eigenvalue weighted by atomic mass is 10.1. The minimum Gasteiger partial charge on any atom is -0.392 e. The van der Waals surface area contributed by atoms with Crippen LogP contribution in [0, 0.1) is 13.8 Å². The van der Waals surface area contributed by atoms with Gasteiger partial charge in [-0.05, 0) is 31.9 Å². The van der Waals surface area contributed by atoms with Crippen LogP contribution in [0.25, 0.3) is 11.0 Å². The second-order valence-corrected chi connectivity index (χ2v) is 5.81. The van der Waals surface area contributed by atoms with Gasteiger partial charge in [-0.25, -0.2) is 4.98 Å². The Balaban J connectivity index is 1.96.